The Morgan fingerprint density at radius 3 is 2.47 bits per heavy atom. The van der Waals surface area contributed by atoms with Crippen LogP contribution in [0.25, 0.3) is 0 Å². The Labute approximate surface area is 219 Å². The Hall–Kier alpha value is -3.87. The molecule has 38 heavy (non-hydrogen) atoms. The number of carbonyl (C=O) groups excluding carboxylic acids is 4. The Kier molecular flexibility index (Phi) is 10.3. The van der Waals surface area contributed by atoms with Gasteiger partial charge >= 0.3 is 0 Å². The van der Waals surface area contributed by atoms with Gasteiger partial charge in [-0.05, 0) is 30.8 Å². The Morgan fingerprint density at radius 2 is 1.82 bits per heavy atom. The van der Waals surface area contributed by atoms with Gasteiger partial charge in [0.2, 0.25) is 17.7 Å². The first kappa shape index (κ1) is 28.7. The number of piperazine rings is 1. The highest BCUT2D eigenvalue weighted by atomic mass is 19.1. The van der Waals surface area contributed by atoms with Crippen LogP contribution in [0, 0.1) is 5.82 Å². The molecule has 1 aromatic heterocycles. The average molecular weight is 534 g/mol. The zero-order valence-electron chi connectivity index (χ0n) is 21.5. The number of aromatic nitrogens is 2. The maximum atomic E-state index is 14.8. The number of hydrogen-bond donors (Lipinski definition) is 3. The molecule has 3 N–H and O–H groups in total. The first-order valence-electron chi connectivity index (χ1n) is 12.4. The van der Waals surface area contributed by atoms with E-state index in [1.54, 1.807) is 17.9 Å². The molecule has 4 amide bonds. The summed E-state index contributed by atoms with van der Waals surface area (Å²) < 4.78 is 28.6. The number of aryl methyl sites for hydroxylation is 1. The number of carbonyl (C=O) groups is 4. The van der Waals surface area contributed by atoms with Gasteiger partial charge in [0.15, 0.2) is 0 Å². The molecule has 0 spiro atoms. The first-order valence-corrected chi connectivity index (χ1v) is 12.4. The number of nitrogens with one attached hydrogen (secondary N) is 3. The number of alkyl halides is 1. The van der Waals surface area contributed by atoms with Crippen molar-refractivity contribution in [3.63, 3.8) is 0 Å². The van der Waals surface area contributed by atoms with Gasteiger partial charge in [-0.25, -0.2) is 8.78 Å². The third-order valence-electron chi connectivity index (χ3n) is 6.17. The number of hydrogen-bond acceptors (Lipinski definition) is 6. The topological polar surface area (TPSA) is 129 Å². The number of benzene rings is 1. The highest BCUT2D eigenvalue weighted by Gasteiger charge is 2.28. The molecule has 0 saturated carbocycles. The van der Waals surface area contributed by atoms with E-state index in [9.17, 15) is 28.0 Å². The van der Waals surface area contributed by atoms with Gasteiger partial charge in [0.05, 0.1) is 18.8 Å². The maximum absolute atomic E-state index is 14.8. The quantitative estimate of drug-likeness (QED) is 0.388. The van der Waals surface area contributed by atoms with Crippen LogP contribution in [0.4, 0.5) is 14.5 Å². The van der Waals surface area contributed by atoms with Crippen LogP contribution in [-0.2, 0) is 27.3 Å². The fourth-order valence-electron chi connectivity index (χ4n) is 4.00. The van der Waals surface area contributed by atoms with E-state index in [-0.39, 0.29) is 42.6 Å². The summed E-state index contributed by atoms with van der Waals surface area (Å²) in [5, 5.41) is 11.4. The molecule has 3 rings (SSSR count). The monoisotopic (exact) mass is 533 g/mol. The van der Waals surface area contributed by atoms with E-state index in [0.29, 0.717) is 18.7 Å². The van der Waals surface area contributed by atoms with Crippen molar-refractivity contribution in [2.24, 2.45) is 0 Å². The molecular weight excluding hydrogens is 500 g/mol. The van der Waals surface area contributed by atoms with E-state index in [0.717, 1.165) is 13.1 Å². The molecule has 11 nitrogen and oxygen atoms in total. The van der Waals surface area contributed by atoms with Crippen molar-refractivity contribution in [1.29, 1.82) is 0 Å². The van der Waals surface area contributed by atoms with E-state index in [2.05, 4.69) is 25.9 Å². The van der Waals surface area contributed by atoms with Crippen LogP contribution >= 0.6 is 0 Å². The van der Waals surface area contributed by atoms with Crippen LogP contribution in [0.1, 0.15) is 29.4 Å². The molecule has 2 aromatic rings. The number of amides is 4. The van der Waals surface area contributed by atoms with Crippen molar-refractivity contribution in [1.82, 2.24) is 30.2 Å². The fraction of sp³-hybridized carbons (Fsp3) is 0.480. The smallest absolute Gasteiger partial charge is 0.269 e. The van der Waals surface area contributed by atoms with Crippen LogP contribution in [0.3, 0.4) is 0 Å². The van der Waals surface area contributed by atoms with Gasteiger partial charge in [0.25, 0.3) is 5.91 Å². The average Bonchev–Trinajstić information content (AvgIpc) is 3.37. The summed E-state index contributed by atoms with van der Waals surface area (Å²) in [6.45, 7) is 2.99. The van der Waals surface area contributed by atoms with Gasteiger partial charge in [-0.1, -0.05) is 13.0 Å². The standard InChI is InChI=1S/C25H33F2N7O4/c1-3-22(35)31-20(25(38)33-12-10-32(2)11-13-33)15-17-4-5-19(18(27)14-17)30-23(36)16-28-24(37)21-6-8-29-34(21)9-7-26/h4-6,8,14,20H,3,7,9-13,15-16H2,1-2H3,(H,28,37)(H,30,36)(H,31,35). The lowest BCUT2D eigenvalue weighted by atomic mass is 10.0. The second kappa shape index (κ2) is 13.6. The lowest BCUT2D eigenvalue weighted by Crippen LogP contribution is -2.54. The third-order valence-corrected chi connectivity index (χ3v) is 6.17. The predicted molar refractivity (Wildman–Crippen MR) is 136 cm³/mol. The van der Waals surface area contributed by atoms with Crippen LogP contribution < -0.4 is 16.0 Å². The molecule has 1 aliphatic heterocycles. The molecule has 2 heterocycles. The molecule has 1 aromatic carbocycles. The van der Waals surface area contributed by atoms with Gasteiger partial charge in [-0.2, -0.15) is 5.10 Å². The molecule has 1 aliphatic rings. The van der Waals surface area contributed by atoms with Crippen LogP contribution in [0.15, 0.2) is 30.5 Å². The van der Waals surface area contributed by atoms with E-state index in [1.165, 1.54) is 29.1 Å². The van der Waals surface area contributed by atoms with Crippen molar-refractivity contribution in [3.8, 4) is 0 Å². The van der Waals surface area contributed by atoms with Gasteiger partial charge in [-0.3, -0.25) is 23.9 Å². The minimum atomic E-state index is -0.841. The highest BCUT2D eigenvalue weighted by molar-refractivity contribution is 5.98. The van der Waals surface area contributed by atoms with Crippen molar-refractivity contribution in [2.45, 2.75) is 32.4 Å². The minimum Gasteiger partial charge on any atom is -0.344 e. The fourth-order valence-corrected chi connectivity index (χ4v) is 4.00. The largest absolute Gasteiger partial charge is 0.344 e. The van der Waals surface area contributed by atoms with Crippen molar-refractivity contribution in [2.75, 3.05) is 51.8 Å². The Morgan fingerprint density at radius 1 is 1.08 bits per heavy atom. The highest BCUT2D eigenvalue weighted by Crippen LogP contribution is 2.18. The van der Waals surface area contributed by atoms with Crippen LogP contribution in [0.2, 0.25) is 0 Å². The summed E-state index contributed by atoms with van der Waals surface area (Å²) in [7, 11) is 1.97. The molecule has 0 aliphatic carbocycles. The first-order chi connectivity index (χ1) is 18.2. The van der Waals surface area contributed by atoms with Crippen LogP contribution in [-0.4, -0.2) is 95.7 Å². The summed E-state index contributed by atoms with van der Waals surface area (Å²) >= 11 is 0. The SMILES string of the molecule is CCC(=O)NC(Cc1ccc(NC(=O)CNC(=O)c2ccnn2CCF)c(F)c1)C(=O)N1CCN(C)CC1. The second-order valence-corrected chi connectivity index (χ2v) is 8.98. The summed E-state index contributed by atoms with van der Waals surface area (Å²) in [4.78, 5) is 53.5. The van der Waals surface area contributed by atoms with Crippen molar-refractivity contribution < 1.29 is 28.0 Å². The third kappa shape index (κ3) is 7.81. The lowest BCUT2D eigenvalue weighted by molar-refractivity contribution is -0.137. The van der Waals surface area contributed by atoms with Gasteiger partial charge < -0.3 is 25.8 Å². The summed E-state index contributed by atoms with van der Waals surface area (Å²) in [6.07, 6.45) is 1.64. The Bertz CT molecular complexity index is 1150. The molecule has 0 radical (unpaired) electrons. The van der Waals surface area contributed by atoms with Gasteiger partial charge in [0, 0.05) is 45.2 Å². The minimum absolute atomic E-state index is 0.0880. The van der Waals surface area contributed by atoms with Crippen molar-refractivity contribution in [3.05, 3.63) is 47.5 Å². The van der Waals surface area contributed by atoms with E-state index >= 15 is 0 Å². The predicted octanol–water partition coefficient (Wildman–Crippen LogP) is 0.572. The number of nitrogens with zero attached hydrogens (tertiary/aromatic N) is 4. The lowest BCUT2D eigenvalue weighted by Gasteiger charge is -2.34. The zero-order chi connectivity index (χ0) is 27.7. The van der Waals surface area contributed by atoms with E-state index in [1.807, 2.05) is 7.05 Å². The molecule has 0 bridgehead atoms. The number of rotatable bonds is 11. The molecule has 1 fully saturated rings. The molecule has 206 valence electrons. The van der Waals surface area contributed by atoms with E-state index in [4.69, 9.17) is 0 Å². The number of halogens is 2. The van der Waals surface area contributed by atoms with Crippen molar-refractivity contribution >= 4 is 29.3 Å². The number of anilines is 1. The molecule has 1 saturated heterocycles. The molecule has 1 atom stereocenters. The molecule has 13 heteroatoms. The second-order valence-electron chi connectivity index (χ2n) is 8.98. The maximum Gasteiger partial charge on any atom is 0.269 e. The number of likely N-dealkylation sites (N-methyl/N-ethyl adjacent to an activating group) is 1. The zero-order valence-corrected chi connectivity index (χ0v) is 21.5. The summed E-state index contributed by atoms with van der Waals surface area (Å²) in [6, 6.07) is 4.68. The summed E-state index contributed by atoms with van der Waals surface area (Å²) in [5.74, 6) is -2.51. The van der Waals surface area contributed by atoms with E-state index < -0.39 is 36.9 Å². The summed E-state index contributed by atoms with van der Waals surface area (Å²) in [5.41, 5.74) is 0.468. The Balaban J connectivity index is 1.60. The van der Waals surface area contributed by atoms with Gasteiger partial charge in [0.1, 0.15) is 24.2 Å². The van der Waals surface area contributed by atoms with Gasteiger partial charge in [-0.15, -0.1) is 0 Å². The normalized spacial score (nSPS) is 14.6. The molecule has 1 unspecified atom stereocenters. The van der Waals surface area contributed by atoms with Crippen LogP contribution in [0.5, 0.6) is 0 Å². The molecular formula is C25H33F2N7O4.